The number of carbonyl (C=O) groups excluding carboxylic acids is 1. The Bertz CT molecular complexity index is 726. The highest BCUT2D eigenvalue weighted by Crippen LogP contribution is 2.28. The van der Waals surface area contributed by atoms with Crippen LogP contribution in [0.15, 0.2) is 41.8 Å². The van der Waals surface area contributed by atoms with Gasteiger partial charge in [0.05, 0.1) is 0 Å². The number of amides is 1. The van der Waals surface area contributed by atoms with Crippen LogP contribution in [0.1, 0.15) is 40.9 Å². The largest absolute Gasteiger partial charge is 0.488 e. The van der Waals surface area contributed by atoms with Crippen LogP contribution in [0.3, 0.4) is 0 Å². The highest BCUT2D eigenvalue weighted by molar-refractivity contribution is 7.09. The number of halogens is 1. The van der Waals surface area contributed by atoms with Crippen molar-refractivity contribution in [2.75, 3.05) is 19.6 Å². The molecule has 1 aliphatic carbocycles. The van der Waals surface area contributed by atoms with Crippen LogP contribution in [-0.4, -0.2) is 36.5 Å². The average molecular weight is 407 g/mol. The molecule has 0 atom stereocenters. The molecular weight excluding hydrogens is 380 g/mol. The molecule has 1 amide bonds. The van der Waals surface area contributed by atoms with E-state index in [1.54, 1.807) is 11.3 Å². The fourth-order valence-electron chi connectivity index (χ4n) is 3.39. The van der Waals surface area contributed by atoms with Crippen LogP contribution in [-0.2, 0) is 6.61 Å². The minimum Gasteiger partial charge on any atom is -0.488 e. The number of likely N-dealkylation sites (tertiary alicyclic amines) is 1. The van der Waals surface area contributed by atoms with Crippen LogP contribution in [0.5, 0.6) is 5.75 Å². The van der Waals surface area contributed by atoms with Crippen molar-refractivity contribution >= 4 is 29.7 Å². The van der Waals surface area contributed by atoms with E-state index in [1.807, 2.05) is 40.6 Å². The first-order valence-corrected chi connectivity index (χ1v) is 10.4. The number of benzene rings is 1. The normalized spacial score (nSPS) is 17.4. The highest BCUT2D eigenvalue weighted by atomic mass is 35.5. The summed E-state index contributed by atoms with van der Waals surface area (Å²) in [7, 11) is 0. The molecule has 1 saturated carbocycles. The molecule has 1 aromatic heterocycles. The zero-order valence-corrected chi connectivity index (χ0v) is 17.1. The van der Waals surface area contributed by atoms with Gasteiger partial charge in [-0.3, -0.25) is 4.79 Å². The third kappa shape index (κ3) is 5.71. The minimum atomic E-state index is 0. The van der Waals surface area contributed by atoms with E-state index in [4.69, 9.17) is 4.74 Å². The van der Waals surface area contributed by atoms with Crippen molar-refractivity contribution in [3.63, 3.8) is 0 Å². The number of carbonyl (C=O) groups is 1. The van der Waals surface area contributed by atoms with Crippen molar-refractivity contribution in [3.8, 4) is 5.75 Å². The quantitative estimate of drug-likeness (QED) is 0.743. The molecule has 4 rings (SSSR count). The van der Waals surface area contributed by atoms with Crippen LogP contribution >= 0.6 is 23.7 Å². The summed E-state index contributed by atoms with van der Waals surface area (Å²) < 4.78 is 5.84. The van der Waals surface area contributed by atoms with Gasteiger partial charge in [0.25, 0.3) is 5.91 Å². The molecule has 2 fully saturated rings. The zero-order chi connectivity index (χ0) is 17.8. The van der Waals surface area contributed by atoms with Crippen LogP contribution in [0.4, 0.5) is 0 Å². The third-order valence-electron chi connectivity index (χ3n) is 5.22. The molecule has 2 aromatic rings. The van der Waals surface area contributed by atoms with E-state index in [-0.39, 0.29) is 18.3 Å². The molecule has 146 valence electrons. The zero-order valence-electron chi connectivity index (χ0n) is 15.4. The summed E-state index contributed by atoms with van der Waals surface area (Å²) >= 11 is 1.68. The third-order valence-corrected chi connectivity index (χ3v) is 6.07. The van der Waals surface area contributed by atoms with E-state index < -0.39 is 0 Å². The molecule has 0 spiro atoms. The molecule has 1 aliphatic heterocycles. The Kier molecular flexibility index (Phi) is 7.16. The molecule has 1 N–H and O–H groups in total. The summed E-state index contributed by atoms with van der Waals surface area (Å²) in [4.78, 5) is 16.0. The molecular formula is C21H27ClN2O2S. The van der Waals surface area contributed by atoms with Gasteiger partial charge in [0.1, 0.15) is 12.4 Å². The van der Waals surface area contributed by atoms with Crippen LogP contribution in [0.2, 0.25) is 0 Å². The number of piperidine rings is 1. The van der Waals surface area contributed by atoms with Gasteiger partial charge in [0, 0.05) is 29.6 Å². The Morgan fingerprint density at radius 1 is 1.15 bits per heavy atom. The standard InChI is InChI=1S/C21H26N2O2S.ClH/c24-21(23-10-8-18(9-11-23)22-14-16-6-7-16)17-3-1-4-19(13-17)25-15-20-5-2-12-26-20;/h1-5,12-13,16,18,22H,6-11,14-15H2;1H. The summed E-state index contributed by atoms with van der Waals surface area (Å²) in [6, 6.07) is 12.2. The van der Waals surface area contributed by atoms with Crippen LogP contribution in [0, 0.1) is 5.92 Å². The number of thiophene rings is 1. The van der Waals surface area contributed by atoms with E-state index in [0.717, 1.165) is 49.7 Å². The van der Waals surface area contributed by atoms with E-state index in [1.165, 1.54) is 17.7 Å². The number of ether oxygens (including phenoxy) is 1. The fraction of sp³-hybridized carbons (Fsp3) is 0.476. The molecule has 0 bridgehead atoms. The lowest BCUT2D eigenvalue weighted by Gasteiger charge is -2.32. The summed E-state index contributed by atoms with van der Waals surface area (Å²) in [6.07, 6.45) is 4.87. The molecule has 4 nitrogen and oxygen atoms in total. The second-order valence-corrected chi connectivity index (χ2v) is 8.35. The molecule has 6 heteroatoms. The topological polar surface area (TPSA) is 41.6 Å². The first-order valence-electron chi connectivity index (χ1n) is 9.56. The predicted molar refractivity (Wildman–Crippen MR) is 112 cm³/mol. The van der Waals surface area contributed by atoms with Gasteiger partial charge in [0.2, 0.25) is 0 Å². The van der Waals surface area contributed by atoms with E-state index in [0.29, 0.717) is 12.6 Å². The van der Waals surface area contributed by atoms with Crippen molar-refractivity contribution < 1.29 is 9.53 Å². The van der Waals surface area contributed by atoms with Crippen LogP contribution < -0.4 is 10.1 Å². The van der Waals surface area contributed by atoms with Gasteiger partial charge in [0.15, 0.2) is 0 Å². The maximum absolute atomic E-state index is 12.8. The Hall–Kier alpha value is -1.56. The van der Waals surface area contributed by atoms with Gasteiger partial charge in [-0.2, -0.15) is 0 Å². The molecule has 0 radical (unpaired) electrons. The van der Waals surface area contributed by atoms with Gasteiger partial charge in [-0.05, 0) is 67.8 Å². The molecule has 2 heterocycles. The Morgan fingerprint density at radius 3 is 2.67 bits per heavy atom. The lowest BCUT2D eigenvalue weighted by atomic mass is 10.0. The van der Waals surface area contributed by atoms with Gasteiger partial charge < -0.3 is 15.0 Å². The van der Waals surface area contributed by atoms with Gasteiger partial charge >= 0.3 is 0 Å². The Balaban J connectivity index is 0.00000210. The lowest BCUT2D eigenvalue weighted by molar-refractivity contribution is 0.0704. The average Bonchev–Trinajstić information content (AvgIpc) is 3.37. The van der Waals surface area contributed by atoms with Crippen molar-refractivity contribution in [2.24, 2.45) is 5.92 Å². The van der Waals surface area contributed by atoms with Gasteiger partial charge in [-0.25, -0.2) is 0 Å². The maximum Gasteiger partial charge on any atom is 0.253 e. The summed E-state index contributed by atoms with van der Waals surface area (Å²) in [6.45, 7) is 3.37. The number of nitrogens with one attached hydrogen (secondary N) is 1. The molecule has 27 heavy (non-hydrogen) atoms. The molecule has 2 aliphatic rings. The smallest absolute Gasteiger partial charge is 0.253 e. The highest BCUT2D eigenvalue weighted by Gasteiger charge is 2.26. The van der Waals surface area contributed by atoms with E-state index in [2.05, 4.69) is 11.4 Å². The number of nitrogens with zero attached hydrogens (tertiary/aromatic N) is 1. The Labute approximate surface area is 171 Å². The van der Waals surface area contributed by atoms with Gasteiger partial charge in [-0.15, -0.1) is 23.7 Å². The molecule has 1 aromatic carbocycles. The van der Waals surface area contributed by atoms with E-state index >= 15 is 0 Å². The number of hydrogen-bond acceptors (Lipinski definition) is 4. The Morgan fingerprint density at radius 2 is 1.96 bits per heavy atom. The minimum absolute atomic E-state index is 0. The molecule has 1 saturated heterocycles. The van der Waals surface area contributed by atoms with Crippen LogP contribution in [0.25, 0.3) is 0 Å². The fourth-order valence-corrected chi connectivity index (χ4v) is 4.01. The summed E-state index contributed by atoms with van der Waals surface area (Å²) in [5, 5.41) is 5.71. The maximum atomic E-state index is 12.8. The predicted octanol–water partition coefficient (Wildman–Crippen LogP) is 4.35. The number of rotatable bonds is 7. The van der Waals surface area contributed by atoms with Crippen molar-refractivity contribution in [2.45, 2.75) is 38.3 Å². The second kappa shape index (κ2) is 9.58. The van der Waals surface area contributed by atoms with Crippen molar-refractivity contribution in [3.05, 3.63) is 52.2 Å². The van der Waals surface area contributed by atoms with Crippen molar-refractivity contribution in [1.82, 2.24) is 10.2 Å². The molecule has 0 unspecified atom stereocenters. The van der Waals surface area contributed by atoms with Crippen molar-refractivity contribution in [1.29, 1.82) is 0 Å². The lowest BCUT2D eigenvalue weighted by Crippen LogP contribution is -2.45. The summed E-state index contributed by atoms with van der Waals surface area (Å²) in [5.74, 6) is 1.78. The summed E-state index contributed by atoms with van der Waals surface area (Å²) in [5.41, 5.74) is 0.720. The first-order chi connectivity index (χ1) is 12.8. The SMILES string of the molecule is Cl.O=C(c1cccc(OCc2cccs2)c1)N1CCC(NCC2CC2)CC1. The van der Waals surface area contributed by atoms with E-state index in [9.17, 15) is 4.79 Å². The number of hydrogen-bond donors (Lipinski definition) is 1. The van der Waals surface area contributed by atoms with Gasteiger partial charge in [-0.1, -0.05) is 12.1 Å². The first kappa shape index (κ1) is 20.2. The second-order valence-electron chi connectivity index (χ2n) is 7.31. The monoisotopic (exact) mass is 406 g/mol.